The van der Waals surface area contributed by atoms with E-state index in [2.05, 4.69) is 43.5 Å². The number of rotatable bonds is 64. The van der Waals surface area contributed by atoms with Crippen LogP contribution in [0.3, 0.4) is 0 Å². The Bertz CT molecular complexity index is 1490. The van der Waals surface area contributed by atoms with Crippen molar-refractivity contribution in [3.8, 4) is 0 Å². The van der Waals surface area contributed by atoms with Crippen LogP contribution in [0.1, 0.15) is 354 Å². The van der Waals surface area contributed by atoms with Crippen LogP contribution in [0.2, 0.25) is 0 Å². The van der Waals surface area contributed by atoms with Gasteiger partial charge in [-0.2, -0.15) is 0 Å². The van der Waals surface area contributed by atoms with Crippen molar-refractivity contribution in [2.24, 2.45) is 0 Å². The molecule has 1 rings (SSSR count). The van der Waals surface area contributed by atoms with E-state index in [-0.39, 0.29) is 18.5 Å². The third-order valence-corrected chi connectivity index (χ3v) is 17.2. The number of hydrogen-bond donors (Lipinski definition) is 6. The molecule has 7 atom stereocenters. The lowest BCUT2D eigenvalue weighted by atomic mass is 9.99. The predicted octanol–water partition coefficient (Wildman–Crippen LogP) is 18.6. The molecule has 0 aromatic heterocycles. The van der Waals surface area contributed by atoms with Crippen LogP contribution >= 0.6 is 0 Å². The zero-order valence-corrected chi connectivity index (χ0v) is 54.9. The Kier molecular flexibility index (Phi) is 59.4. The number of ether oxygens (including phenoxy) is 3. The standard InChI is InChI=1S/C73H137NO10/c1-3-5-7-9-11-13-14-15-38-41-45-49-53-57-61-69(78)82-62-58-54-50-46-42-39-36-34-32-30-28-26-24-22-20-18-16-17-19-21-23-25-27-29-31-33-35-37-40-44-48-52-56-60-68(77)74-65(66(76)59-55-51-47-43-12-10-8-6-4-2)64-83-73-72(81)71(80)70(79)67(63-75)84-73/h9,11,14-15,55,59,65-67,70-73,75-76,79-81H,3-8,10,12-13,16-54,56-58,60-64H2,1-2H3,(H,74,77)/b11-9-,15-14-,59-55+. The van der Waals surface area contributed by atoms with Gasteiger partial charge in [0, 0.05) is 12.8 Å². The third-order valence-electron chi connectivity index (χ3n) is 17.2. The van der Waals surface area contributed by atoms with Crippen LogP contribution in [-0.4, -0.2) is 100 Å². The van der Waals surface area contributed by atoms with Crippen molar-refractivity contribution >= 4 is 11.9 Å². The normalized spacial score (nSPS) is 18.2. The molecule has 0 aromatic rings. The molecule has 11 heteroatoms. The molecule has 0 bridgehead atoms. The fourth-order valence-corrected chi connectivity index (χ4v) is 11.5. The van der Waals surface area contributed by atoms with E-state index in [4.69, 9.17) is 14.2 Å². The van der Waals surface area contributed by atoms with Gasteiger partial charge >= 0.3 is 5.97 Å². The van der Waals surface area contributed by atoms with Crippen LogP contribution in [0.25, 0.3) is 0 Å². The van der Waals surface area contributed by atoms with Crippen LogP contribution in [0.15, 0.2) is 36.5 Å². The van der Waals surface area contributed by atoms with E-state index in [0.29, 0.717) is 19.4 Å². The molecule has 0 saturated carbocycles. The molecule has 1 aliphatic rings. The maximum absolute atomic E-state index is 13.0. The summed E-state index contributed by atoms with van der Waals surface area (Å²) in [6.07, 6.45) is 70.2. The summed E-state index contributed by atoms with van der Waals surface area (Å²) in [6, 6.07) is -0.805. The Hall–Kier alpha value is -2.12. The maximum atomic E-state index is 13.0. The van der Waals surface area contributed by atoms with E-state index in [1.807, 2.05) is 6.08 Å². The molecule has 1 saturated heterocycles. The highest BCUT2D eigenvalue weighted by Gasteiger charge is 2.44. The Balaban J connectivity index is 1.88. The first-order valence-corrected chi connectivity index (χ1v) is 36.3. The summed E-state index contributed by atoms with van der Waals surface area (Å²) in [6.45, 7) is 4.30. The number of hydrogen-bond acceptors (Lipinski definition) is 10. The minimum atomic E-state index is -1.57. The fourth-order valence-electron chi connectivity index (χ4n) is 11.5. The summed E-state index contributed by atoms with van der Waals surface area (Å²) in [4.78, 5) is 25.1. The number of aliphatic hydroxyl groups is 5. The summed E-state index contributed by atoms with van der Waals surface area (Å²) in [5.74, 6) is -0.178. The Labute approximate surface area is 517 Å². The van der Waals surface area contributed by atoms with Gasteiger partial charge in [-0.25, -0.2) is 0 Å². The number of carbonyl (C=O) groups excluding carboxylic acids is 2. The summed E-state index contributed by atoms with van der Waals surface area (Å²) in [7, 11) is 0. The molecule has 0 aliphatic carbocycles. The molecule has 0 aromatic carbocycles. The van der Waals surface area contributed by atoms with Gasteiger partial charge in [-0.3, -0.25) is 9.59 Å². The second-order valence-electron chi connectivity index (χ2n) is 25.3. The van der Waals surface area contributed by atoms with Crippen molar-refractivity contribution in [2.45, 2.75) is 397 Å². The van der Waals surface area contributed by atoms with Gasteiger partial charge in [0.05, 0.1) is 32.0 Å². The highest BCUT2D eigenvalue weighted by atomic mass is 16.7. The third kappa shape index (κ3) is 50.8. The lowest BCUT2D eigenvalue weighted by Gasteiger charge is -2.40. The van der Waals surface area contributed by atoms with Gasteiger partial charge in [0.25, 0.3) is 0 Å². The van der Waals surface area contributed by atoms with E-state index < -0.39 is 49.5 Å². The Morgan fingerprint density at radius 1 is 0.440 bits per heavy atom. The second-order valence-corrected chi connectivity index (χ2v) is 25.3. The molecule has 1 fully saturated rings. The van der Waals surface area contributed by atoms with Gasteiger partial charge in [-0.05, 0) is 57.8 Å². The van der Waals surface area contributed by atoms with E-state index >= 15 is 0 Å². The summed E-state index contributed by atoms with van der Waals surface area (Å²) >= 11 is 0. The van der Waals surface area contributed by atoms with Crippen molar-refractivity contribution in [1.82, 2.24) is 5.32 Å². The molecule has 11 nitrogen and oxygen atoms in total. The second kappa shape index (κ2) is 62.5. The minimum absolute atomic E-state index is 0.0000698. The van der Waals surface area contributed by atoms with Gasteiger partial charge in [-0.15, -0.1) is 0 Å². The molecular formula is C73H137NO10. The fraction of sp³-hybridized carbons (Fsp3) is 0.890. The SMILES string of the molecule is CCCC/C=C\C/C=C\CCCCCCCC(=O)OCCCCCCCCCCCCCCCCCCCCCCCCCCCCCCCCCCCC(=O)NC(COC1OC(CO)C(O)C(O)C1O)C(O)/C=C/CCCCCCCCC. The molecule has 494 valence electrons. The first-order chi connectivity index (χ1) is 41.2. The van der Waals surface area contributed by atoms with Crippen LogP contribution < -0.4 is 5.32 Å². The summed E-state index contributed by atoms with van der Waals surface area (Å²) in [5.41, 5.74) is 0. The highest BCUT2D eigenvalue weighted by Crippen LogP contribution is 2.23. The summed E-state index contributed by atoms with van der Waals surface area (Å²) in [5, 5.41) is 54.3. The van der Waals surface area contributed by atoms with Gasteiger partial charge in [0.15, 0.2) is 6.29 Å². The van der Waals surface area contributed by atoms with Crippen LogP contribution in [0, 0.1) is 0 Å². The monoisotopic (exact) mass is 1190 g/mol. The lowest BCUT2D eigenvalue weighted by molar-refractivity contribution is -0.302. The minimum Gasteiger partial charge on any atom is -0.466 e. The van der Waals surface area contributed by atoms with Gasteiger partial charge < -0.3 is 45.1 Å². The number of amides is 1. The molecule has 0 radical (unpaired) electrons. The van der Waals surface area contributed by atoms with Gasteiger partial charge in [0.2, 0.25) is 5.91 Å². The number of aliphatic hydroxyl groups excluding tert-OH is 5. The molecule has 84 heavy (non-hydrogen) atoms. The number of allylic oxidation sites excluding steroid dienone is 5. The zero-order valence-electron chi connectivity index (χ0n) is 54.9. The number of carbonyl (C=O) groups is 2. The van der Waals surface area contributed by atoms with Crippen molar-refractivity contribution in [3.63, 3.8) is 0 Å². The van der Waals surface area contributed by atoms with Crippen molar-refractivity contribution < 1.29 is 49.3 Å². The lowest BCUT2D eigenvalue weighted by Crippen LogP contribution is -2.60. The first-order valence-electron chi connectivity index (χ1n) is 36.3. The largest absolute Gasteiger partial charge is 0.466 e. The average Bonchev–Trinajstić information content (AvgIpc) is 3.70. The molecular weight excluding hydrogens is 1050 g/mol. The van der Waals surface area contributed by atoms with E-state index in [9.17, 15) is 35.1 Å². The van der Waals surface area contributed by atoms with Gasteiger partial charge in [-0.1, -0.05) is 320 Å². The average molecular weight is 1190 g/mol. The smallest absolute Gasteiger partial charge is 0.305 e. The van der Waals surface area contributed by atoms with E-state index in [0.717, 1.165) is 64.2 Å². The molecule has 1 heterocycles. The Morgan fingerprint density at radius 3 is 1.24 bits per heavy atom. The molecule has 6 N–H and O–H groups in total. The number of unbranched alkanes of at least 4 members (excludes halogenated alkanes) is 46. The maximum Gasteiger partial charge on any atom is 0.305 e. The van der Waals surface area contributed by atoms with Crippen molar-refractivity contribution in [2.75, 3.05) is 19.8 Å². The quantitative estimate of drug-likeness (QED) is 0.0195. The van der Waals surface area contributed by atoms with Crippen LogP contribution in [0.4, 0.5) is 0 Å². The number of esters is 1. The Morgan fingerprint density at radius 2 is 0.810 bits per heavy atom. The summed E-state index contributed by atoms with van der Waals surface area (Å²) < 4.78 is 16.7. The highest BCUT2D eigenvalue weighted by molar-refractivity contribution is 5.76. The van der Waals surface area contributed by atoms with Crippen LogP contribution in [-0.2, 0) is 23.8 Å². The van der Waals surface area contributed by atoms with Crippen molar-refractivity contribution in [3.05, 3.63) is 36.5 Å². The zero-order chi connectivity index (χ0) is 60.9. The van der Waals surface area contributed by atoms with Gasteiger partial charge in [0.1, 0.15) is 24.4 Å². The number of nitrogens with one attached hydrogen (secondary N) is 1. The van der Waals surface area contributed by atoms with E-state index in [1.165, 1.54) is 263 Å². The molecule has 7 unspecified atom stereocenters. The van der Waals surface area contributed by atoms with E-state index in [1.54, 1.807) is 6.08 Å². The first kappa shape index (κ1) is 79.9. The molecule has 1 aliphatic heterocycles. The van der Waals surface area contributed by atoms with Crippen molar-refractivity contribution in [1.29, 1.82) is 0 Å². The topological polar surface area (TPSA) is 175 Å². The predicted molar refractivity (Wildman–Crippen MR) is 352 cm³/mol. The molecule has 1 amide bonds. The molecule has 0 spiro atoms. The van der Waals surface area contributed by atoms with Crippen LogP contribution in [0.5, 0.6) is 0 Å².